The van der Waals surface area contributed by atoms with Gasteiger partial charge in [0.25, 0.3) is 0 Å². The molecule has 9 heteroatoms. The van der Waals surface area contributed by atoms with Gasteiger partial charge < -0.3 is 9.30 Å². The first-order valence-corrected chi connectivity index (χ1v) is 10.2. The van der Waals surface area contributed by atoms with Crippen LogP contribution in [0.5, 0.6) is 5.75 Å². The summed E-state index contributed by atoms with van der Waals surface area (Å²) < 4.78 is 20.7. The Morgan fingerprint density at radius 2 is 1.81 bits per heavy atom. The first-order chi connectivity index (χ1) is 13.0. The second-order valence-corrected chi connectivity index (χ2v) is 7.66. The molecular weight excluding hydrogens is 432 g/mol. The number of benzene rings is 2. The van der Waals surface area contributed by atoms with Gasteiger partial charge in [-0.25, -0.2) is 4.39 Å². The Bertz CT molecular complexity index is 931. The van der Waals surface area contributed by atoms with Crippen LogP contribution in [0.1, 0.15) is 18.3 Å². The predicted octanol–water partition coefficient (Wildman–Crippen LogP) is 6.27. The highest BCUT2D eigenvalue weighted by atomic mass is 35.5. The SMILES string of the molecule is CCn1c(COc2ccc(F)cc2Cl)nnc1SCc1c(Cl)cccc1Cl. The molecule has 4 nitrogen and oxygen atoms in total. The van der Waals surface area contributed by atoms with E-state index in [9.17, 15) is 4.39 Å². The highest BCUT2D eigenvalue weighted by Crippen LogP contribution is 2.31. The average molecular weight is 447 g/mol. The van der Waals surface area contributed by atoms with Crippen LogP contribution >= 0.6 is 46.6 Å². The first kappa shape index (κ1) is 20.3. The number of aromatic nitrogens is 3. The molecule has 0 aliphatic heterocycles. The molecule has 3 rings (SSSR count). The normalized spacial score (nSPS) is 11.0. The van der Waals surface area contributed by atoms with Gasteiger partial charge in [-0.3, -0.25) is 0 Å². The average Bonchev–Trinajstić information content (AvgIpc) is 3.02. The van der Waals surface area contributed by atoms with Crippen molar-refractivity contribution in [3.8, 4) is 5.75 Å². The van der Waals surface area contributed by atoms with E-state index in [1.165, 1.54) is 30.0 Å². The van der Waals surface area contributed by atoms with Crippen LogP contribution in [0, 0.1) is 5.82 Å². The van der Waals surface area contributed by atoms with Crippen LogP contribution in [0.3, 0.4) is 0 Å². The minimum atomic E-state index is -0.416. The number of rotatable bonds is 7. The molecule has 3 aromatic rings. The molecule has 1 heterocycles. The number of thioether (sulfide) groups is 1. The summed E-state index contributed by atoms with van der Waals surface area (Å²) in [6.45, 7) is 2.82. The fraction of sp³-hybridized carbons (Fsp3) is 0.222. The highest BCUT2D eigenvalue weighted by molar-refractivity contribution is 7.98. The highest BCUT2D eigenvalue weighted by Gasteiger charge is 2.14. The van der Waals surface area contributed by atoms with Crippen molar-refractivity contribution < 1.29 is 9.13 Å². The molecule has 0 saturated carbocycles. The van der Waals surface area contributed by atoms with Crippen molar-refractivity contribution in [1.29, 1.82) is 0 Å². The third-order valence-electron chi connectivity index (χ3n) is 3.77. The fourth-order valence-electron chi connectivity index (χ4n) is 2.39. The first-order valence-electron chi connectivity index (χ1n) is 8.05. The summed E-state index contributed by atoms with van der Waals surface area (Å²) in [4.78, 5) is 0. The lowest BCUT2D eigenvalue weighted by molar-refractivity contribution is 0.288. The number of halogens is 4. The second kappa shape index (κ2) is 9.15. The minimum absolute atomic E-state index is 0.166. The van der Waals surface area contributed by atoms with Crippen LogP contribution < -0.4 is 4.74 Å². The van der Waals surface area contributed by atoms with Crippen molar-refractivity contribution in [2.75, 3.05) is 0 Å². The molecule has 27 heavy (non-hydrogen) atoms. The Hall–Kier alpha value is -1.47. The zero-order chi connectivity index (χ0) is 19.4. The number of hydrogen-bond donors (Lipinski definition) is 0. The van der Waals surface area contributed by atoms with Gasteiger partial charge in [-0.15, -0.1) is 10.2 Å². The number of nitrogens with zero attached hydrogens (tertiary/aromatic N) is 3. The van der Waals surface area contributed by atoms with Gasteiger partial charge in [0.1, 0.15) is 18.2 Å². The van der Waals surface area contributed by atoms with Gasteiger partial charge in [-0.1, -0.05) is 52.6 Å². The van der Waals surface area contributed by atoms with Gasteiger partial charge in [0.2, 0.25) is 0 Å². The Morgan fingerprint density at radius 3 is 2.48 bits per heavy atom. The maximum absolute atomic E-state index is 13.1. The van der Waals surface area contributed by atoms with Crippen LogP contribution in [-0.2, 0) is 18.9 Å². The topological polar surface area (TPSA) is 39.9 Å². The van der Waals surface area contributed by atoms with Crippen LogP contribution in [0.4, 0.5) is 4.39 Å². The van der Waals surface area contributed by atoms with E-state index in [1.807, 2.05) is 17.6 Å². The molecule has 0 amide bonds. The number of ether oxygens (including phenoxy) is 1. The summed E-state index contributed by atoms with van der Waals surface area (Å²) in [6.07, 6.45) is 0. The van der Waals surface area contributed by atoms with Crippen LogP contribution in [0.15, 0.2) is 41.6 Å². The molecule has 0 N–H and O–H groups in total. The maximum Gasteiger partial charge on any atom is 0.191 e. The molecule has 0 aliphatic rings. The lowest BCUT2D eigenvalue weighted by Gasteiger charge is -2.10. The molecule has 0 radical (unpaired) electrons. The van der Waals surface area contributed by atoms with E-state index in [1.54, 1.807) is 12.1 Å². The van der Waals surface area contributed by atoms with Gasteiger partial charge in [-0.05, 0) is 42.8 Å². The Labute approximate surface area is 175 Å². The van der Waals surface area contributed by atoms with E-state index < -0.39 is 5.82 Å². The third-order valence-corrected chi connectivity index (χ3v) is 5.76. The van der Waals surface area contributed by atoms with Crippen LogP contribution in [0.25, 0.3) is 0 Å². The lowest BCUT2D eigenvalue weighted by Crippen LogP contribution is -2.07. The van der Waals surface area contributed by atoms with E-state index >= 15 is 0 Å². The molecule has 0 saturated heterocycles. The zero-order valence-corrected chi connectivity index (χ0v) is 17.3. The molecule has 1 aromatic heterocycles. The van der Waals surface area contributed by atoms with Gasteiger partial charge in [0.15, 0.2) is 11.0 Å². The fourth-order valence-corrected chi connectivity index (χ4v) is 4.38. The summed E-state index contributed by atoms with van der Waals surface area (Å²) in [5, 5.41) is 10.6. The van der Waals surface area contributed by atoms with Gasteiger partial charge in [0.05, 0.1) is 5.02 Å². The summed E-state index contributed by atoms with van der Waals surface area (Å²) in [5.41, 5.74) is 0.854. The molecule has 2 aromatic carbocycles. The van der Waals surface area contributed by atoms with Crippen molar-refractivity contribution in [3.63, 3.8) is 0 Å². The summed E-state index contributed by atoms with van der Waals surface area (Å²) in [6, 6.07) is 9.40. The van der Waals surface area contributed by atoms with E-state index in [4.69, 9.17) is 39.5 Å². The Balaban J connectivity index is 1.71. The van der Waals surface area contributed by atoms with Crippen molar-refractivity contribution >= 4 is 46.6 Å². The predicted molar refractivity (Wildman–Crippen MR) is 107 cm³/mol. The maximum atomic E-state index is 13.1. The molecule has 0 fully saturated rings. The molecule has 0 aliphatic carbocycles. The molecule has 0 unspecified atom stereocenters. The van der Waals surface area contributed by atoms with E-state index in [0.717, 1.165) is 10.7 Å². The van der Waals surface area contributed by atoms with Gasteiger partial charge in [0, 0.05) is 22.3 Å². The molecule has 0 bridgehead atoms. The monoisotopic (exact) mass is 445 g/mol. The number of hydrogen-bond acceptors (Lipinski definition) is 4. The lowest BCUT2D eigenvalue weighted by atomic mass is 10.2. The quantitative estimate of drug-likeness (QED) is 0.401. The standard InChI is InChI=1S/C18H15Cl3FN3OS/c1-2-25-17(9-26-16-7-6-11(22)8-15(16)21)23-24-18(25)27-10-12-13(19)4-3-5-14(12)20/h3-8H,2,9-10H2,1H3. The molecule has 142 valence electrons. The second-order valence-electron chi connectivity index (χ2n) is 5.50. The zero-order valence-electron chi connectivity index (χ0n) is 14.3. The van der Waals surface area contributed by atoms with Crippen LogP contribution in [-0.4, -0.2) is 14.8 Å². The third kappa shape index (κ3) is 4.88. The van der Waals surface area contributed by atoms with Gasteiger partial charge in [-0.2, -0.15) is 0 Å². The van der Waals surface area contributed by atoms with Crippen molar-refractivity contribution in [1.82, 2.24) is 14.8 Å². The summed E-state index contributed by atoms with van der Waals surface area (Å²) in [7, 11) is 0. The smallest absolute Gasteiger partial charge is 0.191 e. The molecular formula is C18H15Cl3FN3OS. The van der Waals surface area contributed by atoms with Crippen molar-refractivity contribution in [3.05, 3.63) is 68.7 Å². The van der Waals surface area contributed by atoms with E-state index in [0.29, 0.717) is 33.9 Å². The minimum Gasteiger partial charge on any atom is -0.484 e. The van der Waals surface area contributed by atoms with Crippen molar-refractivity contribution in [2.24, 2.45) is 0 Å². The van der Waals surface area contributed by atoms with Crippen LogP contribution in [0.2, 0.25) is 15.1 Å². The summed E-state index contributed by atoms with van der Waals surface area (Å²) in [5.74, 6) is 1.19. The van der Waals surface area contributed by atoms with Crippen molar-refractivity contribution in [2.45, 2.75) is 31.0 Å². The summed E-state index contributed by atoms with van der Waals surface area (Å²) >= 11 is 19.9. The Morgan fingerprint density at radius 1 is 1.07 bits per heavy atom. The molecule has 0 atom stereocenters. The molecule has 0 spiro atoms. The van der Waals surface area contributed by atoms with E-state index in [-0.39, 0.29) is 11.6 Å². The largest absolute Gasteiger partial charge is 0.484 e. The van der Waals surface area contributed by atoms with E-state index in [2.05, 4.69) is 10.2 Å². The Kier molecular flexibility index (Phi) is 6.87. The van der Waals surface area contributed by atoms with Gasteiger partial charge >= 0.3 is 0 Å².